The summed E-state index contributed by atoms with van der Waals surface area (Å²) >= 11 is 0. The van der Waals surface area contributed by atoms with Gasteiger partial charge in [-0.2, -0.15) is 0 Å². The summed E-state index contributed by atoms with van der Waals surface area (Å²) in [6, 6.07) is 13.0. The summed E-state index contributed by atoms with van der Waals surface area (Å²) in [4.78, 5) is 16.9. The van der Waals surface area contributed by atoms with Crippen molar-refractivity contribution < 1.29 is 9.90 Å². The second-order valence-electron chi connectivity index (χ2n) is 5.48. The third-order valence-corrected chi connectivity index (χ3v) is 4.24. The van der Waals surface area contributed by atoms with Gasteiger partial charge in [0.1, 0.15) is 0 Å². The molecule has 1 aromatic carbocycles. The molecule has 0 atom stereocenters. The van der Waals surface area contributed by atoms with Crippen LogP contribution in [0.2, 0.25) is 0 Å². The van der Waals surface area contributed by atoms with Crippen molar-refractivity contribution in [3.8, 4) is 5.75 Å². The third kappa shape index (κ3) is 2.49. The molecule has 0 radical (unpaired) electrons. The SMILES string of the molecule is O=C(Nc1ncccc1O)C1(c2ccccc2)CCCC1. The molecule has 4 heteroatoms. The third-order valence-electron chi connectivity index (χ3n) is 4.24. The van der Waals surface area contributed by atoms with Gasteiger partial charge in [0.2, 0.25) is 5.91 Å². The van der Waals surface area contributed by atoms with Crippen molar-refractivity contribution in [1.29, 1.82) is 0 Å². The summed E-state index contributed by atoms with van der Waals surface area (Å²) in [7, 11) is 0. The lowest BCUT2D eigenvalue weighted by molar-refractivity contribution is -0.121. The van der Waals surface area contributed by atoms with Crippen LogP contribution in [0, 0.1) is 0 Å². The highest BCUT2D eigenvalue weighted by Crippen LogP contribution is 2.42. The van der Waals surface area contributed by atoms with E-state index in [0.29, 0.717) is 0 Å². The molecule has 1 heterocycles. The largest absolute Gasteiger partial charge is 0.504 e. The van der Waals surface area contributed by atoms with Gasteiger partial charge in [-0.15, -0.1) is 0 Å². The Morgan fingerprint density at radius 2 is 1.81 bits per heavy atom. The molecule has 1 saturated carbocycles. The number of hydrogen-bond acceptors (Lipinski definition) is 3. The molecule has 0 saturated heterocycles. The fourth-order valence-corrected chi connectivity index (χ4v) is 3.10. The number of benzene rings is 1. The Morgan fingerprint density at radius 3 is 2.48 bits per heavy atom. The average Bonchev–Trinajstić information content (AvgIpc) is 3.01. The topological polar surface area (TPSA) is 62.2 Å². The van der Waals surface area contributed by atoms with Gasteiger partial charge in [-0.05, 0) is 30.5 Å². The monoisotopic (exact) mass is 282 g/mol. The minimum atomic E-state index is -0.509. The molecule has 1 fully saturated rings. The van der Waals surface area contributed by atoms with E-state index in [1.807, 2.05) is 30.3 Å². The lowest BCUT2D eigenvalue weighted by Gasteiger charge is -2.28. The number of carbonyl (C=O) groups is 1. The molecule has 0 aliphatic heterocycles. The van der Waals surface area contributed by atoms with Crippen LogP contribution in [0.15, 0.2) is 48.7 Å². The Morgan fingerprint density at radius 1 is 1.10 bits per heavy atom. The number of hydrogen-bond donors (Lipinski definition) is 2. The van der Waals surface area contributed by atoms with Gasteiger partial charge in [0.25, 0.3) is 0 Å². The van der Waals surface area contributed by atoms with Crippen molar-refractivity contribution in [3.63, 3.8) is 0 Å². The molecule has 2 N–H and O–H groups in total. The van der Waals surface area contributed by atoms with Crippen molar-refractivity contribution in [2.24, 2.45) is 0 Å². The molecule has 0 spiro atoms. The van der Waals surface area contributed by atoms with Crippen LogP contribution in [0.1, 0.15) is 31.2 Å². The lowest BCUT2D eigenvalue weighted by Crippen LogP contribution is -2.38. The van der Waals surface area contributed by atoms with Crippen LogP contribution in [0.25, 0.3) is 0 Å². The molecular formula is C17H18N2O2. The van der Waals surface area contributed by atoms with Crippen molar-refractivity contribution in [2.75, 3.05) is 5.32 Å². The summed E-state index contributed by atoms with van der Waals surface area (Å²) in [5, 5.41) is 12.6. The second-order valence-corrected chi connectivity index (χ2v) is 5.48. The van der Waals surface area contributed by atoms with Crippen LogP contribution in [-0.4, -0.2) is 16.0 Å². The molecule has 1 aromatic heterocycles. The van der Waals surface area contributed by atoms with Crippen LogP contribution in [0.4, 0.5) is 5.82 Å². The van der Waals surface area contributed by atoms with Gasteiger partial charge in [0, 0.05) is 6.20 Å². The Kier molecular flexibility index (Phi) is 3.60. The second kappa shape index (κ2) is 5.56. The number of pyridine rings is 1. The summed E-state index contributed by atoms with van der Waals surface area (Å²) < 4.78 is 0. The first-order valence-corrected chi connectivity index (χ1v) is 7.23. The van der Waals surface area contributed by atoms with Crippen LogP contribution >= 0.6 is 0 Å². The maximum atomic E-state index is 12.8. The van der Waals surface area contributed by atoms with E-state index in [4.69, 9.17) is 0 Å². The quantitative estimate of drug-likeness (QED) is 0.908. The molecule has 21 heavy (non-hydrogen) atoms. The zero-order chi connectivity index (χ0) is 14.7. The zero-order valence-electron chi connectivity index (χ0n) is 11.7. The maximum absolute atomic E-state index is 12.8. The Balaban J connectivity index is 1.92. The number of amides is 1. The van der Waals surface area contributed by atoms with Crippen LogP contribution in [0.3, 0.4) is 0 Å². The lowest BCUT2D eigenvalue weighted by atomic mass is 9.78. The molecule has 3 rings (SSSR count). The average molecular weight is 282 g/mol. The summed E-state index contributed by atoms with van der Waals surface area (Å²) in [5.74, 6) is 0.136. The summed E-state index contributed by atoms with van der Waals surface area (Å²) in [6.45, 7) is 0. The fourth-order valence-electron chi connectivity index (χ4n) is 3.10. The van der Waals surface area contributed by atoms with Crippen molar-refractivity contribution in [1.82, 2.24) is 4.98 Å². The highest BCUT2D eigenvalue weighted by Gasteiger charge is 2.42. The first kappa shape index (κ1) is 13.6. The first-order chi connectivity index (χ1) is 10.2. The van der Waals surface area contributed by atoms with Gasteiger partial charge >= 0.3 is 0 Å². The van der Waals surface area contributed by atoms with Gasteiger partial charge in [0.15, 0.2) is 11.6 Å². The van der Waals surface area contributed by atoms with Crippen molar-refractivity contribution in [3.05, 3.63) is 54.2 Å². The molecular weight excluding hydrogens is 264 g/mol. The van der Waals surface area contributed by atoms with Gasteiger partial charge in [-0.1, -0.05) is 43.2 Å². The van der Waals surface area contributed by atoms with E-state index in [2.05, 4.69) is 10.3 Å². The molecule has 1 aliphatic carbocycles. The Hall–Kier alpha value is -2.36. The van der Waals surface area contributed by atoms with Gasteiger partial charge in [-0.3, -0.25) is 4.79 Å². The first-order valence-electron chi connectivity index (χ1n) is 7.23. The van der Waals surface area contributed by atoms with E-state index in [1.54, 1.807) is 12.3 Å². The number of anilines is 1. The van der Waals surface area contributed by atoms with E-state index in [9.17, 15) is 9.90 Å². The highest BCUT2D eigenvalue weighted by atomic mass is 16.3. The van der Waals surface area contributed by atoms with E-state index >= 15 is 0 Å². The van der Waals surface area contributed by atoms with E-state index in [0.717, 1.165) is 31.2 Å². The summed E-state index contributed by atoms with van der Waals surface area (Å²) in [5.41, 5.74) is 0.529. The van der Waals surface area contributed by atoms with E-state index < -0.39 is 5.41 Å². The zero-order valence-corrected chi connectivity index (χ0v) is 11.7. The number of aromatic hydroxyl groups is 1. The molecule has 4 nitrogen and oxygen atoms in total. The minimum Gasteiger partial charge on any atom is -0.504 e. The van der Waals surface area contributed by atoms with Crippen molar-refractivity contribution in [2.45, 2.75) is 31.1 Å². The molecule has 0 unspecified atom stereocenters. The maximum Gasteiger partial charge on any atom is 0.236 e. The number of nitrogens with one attached hydrogen (secondary N) is 1. The van der Waals surface area contributed by atoms with Crippen LogP contribution in [0.5, 0.6) is 5.75 Å². The summed E-state index contributed by atoms with van der Waals surface area (Å²) in [6.07, 6.45) is 5.29. The predicted octanol–water partition coefficient (Wildman–Crippen LogP) is 3.24. The predicted molar refractivity (Wildman–Crippen MR) is 81.1 cm³/mol. The standard InChI is InChI=1S/C17H18N2O2/c20-14-9-6-12-18-15(14)19-16(21)17(10-4-5-11-17)13-7-2-1-3-8-13/h1-3,6-9,12,20H,4-5,10-11H2,(H,18,19,21). The highest BCUT2D eigenvalue weighted by molar-refractivity contribution is 5.99. The molecule has 2 aromatic rings. The molecule has 108 valence electrons. The smallest absolute Gasteiger partial charge is 0.236 e. The number of nitrogens with zero attached hydrogens (tertiary/aromatic N) is 1. The van der Waals surface area contributed by atoms with Crippen LogP contribution in [-0.2, 0) is 10.2 Å². The van der Waals surface area contributed by atoms with Gasteiger partial charge in [0.05, 0.1) is 5.41 Å². The Bertz CT molecular complexity index is 634. The molecule has 1 amide bonds. The van der Waals surface area contributed by atoms with Crippen molar-refractivity contribution >= 4 is 11.7 Å². The molecule has 1 aliphatic rings. The van der Waals surface area contributed by atoms with Gasteiger partial charge < -0.3 is 10.4 Å². The van der Waals surface area contributed by atoms with Crippen LogP contribution < -0.4 is 5.32 Å². The van der Waals surface area contributed by atoms with E-state index in [-0.39, 0.29) is 17.5 Å². The molecule has 0 bridgehead atoms. The Labute approximate surface area is 123 Å². The number of rotatable bonds is 3. The normalized spacial score (nSPS) is 16.6. The number of carbonyl (C=O) groups excluding carboxylic acids is 1. The van der Waals surface area contributed by atoms with Gasteiger partial charge in [-0.25, -0.2) is 4.98 Å². The number of aromatic nitrogens is 1. The minimum absolute atomic E-state index is 0.00735. The van der Waals surface area contributed by atoms with E-state index in [1.165, 1.54) is 6.07 Å². The fraction of sp³-hybridized carbons (Fsp3) is 0.294.